The van der Waals surface area contributed by atoms with E-state index in [1.165, 1.54) is 0 Å². The zero-order chi connectivity index (χ0) is 21.0. The molecule has 0 unspecified atom stereocenters. The van der Waals surface area contributed by atoms with Crippen LogP contribution in [0.15, 0.2) is 40.9 Å². The molecule has 0 aliphatic carbocycles. The summed E-state index contributed by atoms with van der Waals surface area (Å²) in [7, 11) is 3.20. The van der Waals surface area contributed by atoms with Crippen molar-refractivity contribution in [2.45, 2.75) is 19.8 Å². The molecular formula is C22H25BrN2O4. The van der Waals surface area contributed by atoms with E-state index in [-0.39, 0.29) is 24.2 Å². The summed E-state index contributed by atoms with van der Waals surface area (Å²) >= 11 is 3.45. The number of amides is 2. The van der Waals surface area contributed by atoms with E-state index in [0.29, 0.717) is 31.0 Å². The van der Waals surface area contributed by atoms with Crippen LogP contribution in [0.4, 0.5) is 5.69 Å². The molecule has 1 heterocycles. The molecule has 29 heavy (non-hydrogen) atoms. The third kappa shape index (κ3) is 5.09. The van der Waals surface area contributed by atoms with Crippen LogP contribution in [-0.2, 0) is 16.0 Å². The number of nitrogens with one attached hydrogen (secondary N) is 1. The predicted octanol–water partition coefficient (Wildman–Crippen LogP) is 3.80. The lowest BCUT2D eigenvalue weighted by molar-refractivity contribution is -0.128. The topological polar surface area (TPSA) is 67.9 Å². The maximum atomic E-state index is 12.6. The van der Waals surface area contributed by atoms with E-state index in [9.17, 15) is 9.59 Å². The largest absolute Gasteiger partial charge is 0.493 e. The first-order valence-electron chi connectivity index (χ1n) is 9.47. The van der Waals surface area contributed by atoms with Crippen LogP contribution in [0, 0.1) is 12.8 Å². The van der Waals surface area contributed by atoms with Gasteiger partial charge in [0.25, 0.3) is 0 Å². The molecule has 0 bridgehead atoms. The molecule has 1 aliphatic heterocycles. The lowest BCUT2D eigenvalue weighted by atomic mass is 10.1. The molecule has 0 aromatic heterocycles. The molecule has 0 spiro atoms. The summed E-state index contributed by atoms with van der Waals surface area (Å²) in [5, 5.41) is 2.93. The molecule has 1 aliphatic rings. The number of ether oxygens (including phenoxy) is 2. The minimum Gasteiger partial charge on any atom is -0.493 e. The van der Waals surface area contributed by atoms with Crippen LogP contribution in [0.2, 0.25) is 0 Å². The first-order chi connectivity index (χ1) is 13.9. The zero-order valence-electron chi connectivity index (χ0n) is 16.8. The van der Waals surface area contributed by atoms with E-state index >= 15 is 0 Å². The molecule has 1 saturated heterocycles. The predicted molar refractivity (Wildman–Crippen MR) is 115 cm³/mol. The number of likely N-dealkylation sites (tertiary alicyclic amines) is 1. The van der Waals surface area contributed by atoms with E-state index in [0.717, 1.165) is 21.3 Å². The van der Waals surface area contributed by atoms with Gasteiger partial charge in [0, 0.05) is 29.7 Å². The monoisotopic (exact) mass is 460 g/mol. The molecule has 1 fully saturated rings. The average molecular weight is 461 g/mol. The highest BCUT2D eigenvalue weighted by molar-refractivity contribution is 9.10. The smallest absolute Gasteiger partial charge is 0.229 e. The fourth-order valence-corrected chi connectivity index (χ4v) is 3.68. The Hall–Kier alpha value is -2.54. The van der Waals surface area contributed by atoms with Gasteiger partial charge in [-0.3, -0.25) is 9.59 Å². The molecule has 154 valence electrons. The summed E-state index contributed by atoms with van der Waals surface area (Å²) in [6.45, 7) is 2.97. The lowest BCUT2D eigenvalue weighted by Crippen LogP contribution is -2.30. The van der Waals surface area contributed by atoms with Crippen LogP contribution < -0.4 is 14.8 Å². The van der Waals surface area contributed by atoms with Crippen molar-refractivity contribution < 1.29 is 19.1 Å². The van der Waals surface area contributed by atoms with E-state index in [1.807, 2.05) is 43.3 Å². The molecule has 2 aromatic rings. The summed E-state index contributed by atoms with van der Waals surface area (Å²) < 4.78 is 11.6. The van der Waals surface area contributed by atoms with Crippen LogP contribution in [0.3, 0.4) is 0 Å². The van der Waals surface area contributed by atoms with Gasteiger partial charge >= 0.3 is 0 Å². The third-order valence-corrected chi connectivity index (χ3v) is 6.02. The molecule has 3 rings (SSSR count). The highest BCUT2D eigenvalue weighted by Crippen LogP contribution is 2.28. The van der Waals surface area contributed by atoms with Gasteiger partial charge in [0.1, 0.15) is 0 Å². The number of methoxy groups -OCH3 is 2. The number of carbonyl (C=O) groups is 2. The molecular weight excluding hydrogens is 436 g/mol. The van der Waals surface area contributed by atoms with Crippen molar-refractivity contribution in [1.82, 2.24) is 4.90 Å². The Balaban J connectivity index is 1.57. The zero-order valence-corrected chi connectivity index (χ0v) is 18.4. The number of aryl methyl sites for hydroxylation is 1. The Bertz CT molecular complexity index is 916. The van der Waals surface area contributed by atoms with Gasteiger partial charge < -0.3 is 19.7 Å². The summed E-state index contributed by atoms with van der Waals surface area (Å²) in [5.41, 5.74) is 2.84. The van der Waals surface area contributed by atoms with Crippen LogP contribution in [0.1, 0.15) is 17.5 Å². The summed E-state index contributed by atoms with van der Waals surface area (Å²) in [5.74, 6) is 0.899. The van der Waals surface area contributed by atoms with Crippen LogP contribution >= 0.6 is 15.9 Å². The van der Waals surface area contributed by atoms with Gasteiger partial charge in [0.2, 0.25) is 11.8 Å². The minimum absolute atomic E-state index is 0.0117. The molecule has 0 radical (unpaired) electrons. The van der Waals surface area contributed by atoms with Crippen molar-refractivity contribution in [1.29, 1.82) is 0 Å². The van der Waals surface area contributed by atoms with Crippen molar-refractivity contribution in [3.63, 3.8) is 0 Å². The SMILES string of the molecule is COc1ccc(CCN2C[C@H](C(=O)Nc3ccc(Br)c(C)c3)CC2=O)cc1OC. The average Bonchev–Trinajstić information content (AvgIpc) is 3.09. The van der Waals surface area contributed by atoms with Gasteiger partial charge in [-0.2, -0.15) is 0 Å². The Labute approximate surface area is 179 Å². The Kier molecular flexibility index (Phi) is 6.79. The second kappa shape index (κ2) is 9.31. The van der Waals surface area contributed by atoms with Crippen molar-refractivity contribution in [2.75, 3.05) is 32.6 Å². The van der Waals surface area contributed by atoms with Crippen molar-refractivity contribution in [3.8, 4) is 11.5 Å². The van der Waals surface area contributed by atoms with Crippen molar-refractivity contribution in [2.24, 2.45) is 5.92 Å². The molecule has 7 heteroatoms. The van der Waals surface area contributed by atoms with Crippen molar-refractivity contribution in [3.05, 3.63) is 52.0 Å². The van der Waals surface area contributed by atoms with Gasteiger partial charge in [-0.05, 0) is 54.8 Å². The number of anilines is 1. The minimum atomic E-state index is -0.336. The lowest BCUT2D eigenvalue weighted by Gasteiger charge is -2.17. The standard InChI is InChI=1S/C22H25BrN2O4/c1-14-10-17(5-6-18(14)23)24-22(27)16-12-21(26)25(13-16)9-8-15-4-7-19(28-2)20(11-15)29-3/h4-7,10-11,16H,8-9,12-13H2,1-3H3,(H,24,27)/t16-/m1/s1. The molecule has 1 N–H and O–H groups in total. The Morgan fingerprint density at radius 1 is 1.17 bits per heavy atom. The maximum Gasteiger partial charge on any atom is 0.229 e. The molecule has 2 aromatic carbocycles. The summed E-state index contributed by atoms with van der Waals surface area (Å²) in [4.78, 5) is 26.7. The van der Waals surface area contributed by atoms with E-state index < -0.39 is 0 Å². The van der Waals surface area contributed by atoms with E-state index in [1.54, 1.807) is 19.1 Å². The normalized spacial score (nSPS) is 16.1. The summed E-state index contributed by atoms with van der Waals surface area (Å²) in [6, 6.07) is 11.4. The Morgan fingerprint density at radius 2 is 1.93 bits per heavy atom. The molecule has 0 saturated carbocycles. The highest BCUT2D eigenvalue weighted by atomic mass is 79.9. The first-order valence-corrected chi connectivity index (χ1v) is 10.3. The first kappa shape index (κ1) is 21.2. The fraction of sp³-hybridized carbons (Fsp3) is 0.364. The van der Waals surface area contributed by atoms with E-state index in [4.69, 9.17) is 9.47 Å². The number of hydrogen-bond acceptors (Lipinski definition) is 4. The van der Waals surface area contributed by atoms with Crippen LogP contribution in [-0.4, -0.2) is 44.0 Å². The number of rotatable bonds is 7. The second-order valence-corrected chi connectivity index (χ2v) is 7.99. The van der Waals surface area contributed by atoms with Crippen molar-refractivity contribution >= 4 is 33.4 Å². The fourth-order valence-electron chi connectivity index (χ4n) is 3.43. The number of carbonyl (C=O) groups excluding carboxylic acids is 2. The van der Waals surface area contributed by atoms with Gasteiger partial charge in [-0.15, -0.1) is 0 Å². The molecule has 1 atom stereocenters. The van der Waals surface area contributed by atoms with Crippen LogP contribution in [0.25, 0.3) is 0 Å². The summed E-state index contributed by atoms with van der Waals surface area (Å²) in [6.07, 6.45) is 0.930. The van der Waals surface area contributed by atoms with Gasteiger partial charge in [0.05, 0.1) is 20.1 Å². The number of halogens is 1. The van der Waals surface area contributed by atoms with Crippen LogP contribution in [0.5, 0.6) is 11.5 Å². The third-order valence-electron chi connectivity index (χ3n) is 5.13. The quantitative estimate of drug-likeness (QED) is 0.681. The van der Waals surface area contributed by atoms with Gasteiger partial charge in [-0.25, -0.2) is 0 Å². The van der Waals surface area contributed by atoms with E-state index in [2.05, 4.69) is 21.2 Å². The van der Waals surface area contributed by atoms with Gasteiger partial charge in [-0.1, -0.05) is 22.0 Å². The number of hydrogen-bond donors (Lipinski definition) is 1. The Morgan fingerprint density at radius 3 is 2.62 bits per heavy atom. The molecule has 6 nitrogen and oxygen atoms in total. The highest BCUT2D eigenvalue weighted by Gasteiger charge is 2.34. The number of nitrogens with zero attached hydrogens (tertiary/aromatic N) is 1. The number of benzene rings is 2. The van der Waals surface area contributed by atoms with Gasteiger partial charge in [0.15, 0.2) is 11.5 Å². The molecule has 2 amide bonds. The maximum absolute atomic E-state index is 12.6. The second-order valence-electron chi connectivity index (χ2n) is 7.13.